The second-order valence-corrected chi connectivity index (χ2v) is 4.55. The summed E-state index contributed by atoms with van der Waals surface area (Å²) in [7, 11) is 1.28. The summed E-state index contributed by atoms with van der Waals surface area (Å²) < 4.78 is 9.42. The first-order valence-corrected chi connectivity index (χ1v) is 6.85. The van der Waals surface area contributed by atoms with Gasteiger partial charge in [-0.2, -0.15) is 0 Å². The van der Waals surface area contributed by atoms with Crippen molar-refractivity contribution in [2.24, 2.45) is 0 Å². The van der Waals surface area contributed by atoms with E-state index in [4.69, 9.17) is 4.74 Å². The molecular weight excluding hydrogens is 274 g/mol. The molecule has 1 atom stereocenters. The predicted octanol–water partition coefficient (Wildman–Crippen LogP) is 2.11. The number of benzene rings is 1. The normalized spacial score (nSPS) is 11.6. The number of hydrogen-bond donors (Lipinski definition) is 2. The fourth-order valence-corrected chi connectivity index (χ4v) is 1.61. The summed E-state index contributed by atoms with van der Waals surface area (Å²) in [6.07, 6.45) is 0.150. The van der Waals surface area contributed by atoms with Gasteiger partial charge in [0.15, 0.2) is 6.10 Å². The van der Waals surface area contributed by atoms with Crippen LogP contribution in [0.4, 0.5) is 10.5 Å². The maximum absolute atomic E-state index is 11.5. The Labute approximate surface area is 124 Å². The fraction of sp³-hybridized carbons (Fsp3) is 0.467. The third-order valence-corrected chi connectivity index (χ3v) is 2.83. The highest BCUT2D eigenvalue weighted by Crippen LogP contribution is 2.12. The monoisotopic (exact) mass is 295 g/mol. The first-order chi connectivity index (χ1) is 10.1. The average molecular weight is 295 g/mol. The second kappa shape index (κ2) is 8.97. The molecule has 1 aromatic carbocycles. The fourth-order valence-electron chi connectivity index (χ4n) is 1.61. The summed E-state index contributed by atoms with van der Waals surface area (Å²) in [6, 6.07) is 6.77. The van der Waals surface area contributed by atoms with E-state index in [2.05, 4.69) is 10.1 Å². The summed E-state index contributed by atoms with van der Waals surface area (Å²) in [6.45, 7) is 2.32. The topological polar surface area (TPSA) is 84.9 Å². The smallest absolute Gasteiger partial charge is 0.411 e. The lowest BCUT2D eigenvalue weighted by Crippen LogP contribution is -2.25. The minimum Gasteiger partial charge on any atom is -0.464 e. The lowest BCUT2D eigenvalue weighted by atomic mass is 10.1. The van der Waals surface area contributed by atoms with Crippen LogP contribution in [-0.2, 0) is 20.7 Å². The number of nitrogens with one attached hydrogen (secondary N) is 1. The lowest BCUT2D eigenvalue weighted by Gasteiger charge is -2.11. The Morgan fingerprint density at radius 1 is 1.29 bits per heavy atom. The van der Waals surface area contributed by atoms with Crippen LogP contribution >= 0.6 is 0 Å². The van der Waals surface area contributed by atoms with E-state index in [9.17, 15) is 14.7 Å². The van der Waals surface area contributed by atoms with E-state index in [1.165, 1.54) is 7.11 Å². The van der Waals surface area contributed by atoms with Crippen LogP contribution in [0.3, 0.4) is 0 Å². The van der Waals surface area contributed by atoms with Gasteiger partial charge < -0.3 is 14.6 Å². The van der Waals surface area contributed by atoms with Crippen LogP contribution in [0.1, 0.15) is 25.3 Å². The van der Waals surface area contributed by atoms with Crippen LogP contribution in [0.2, 0.25) is 0 Å². The number of esters is 1. The van der Waals surface area contributed by atoms with Gasteiger partial charge in [0.1, 0.15) is 0 Å². The number of carbonyl (C=O) groups excluding carboxylic acids is 2. The summed E-state index contributed by atoms with van der Waals surface area (Å²) in [4.78, 5) is 22.6. The molecule has 0 aromatic heterocycles. The summed E-state index contributed by atoms with van der Waals surface area (Å²) in [5, 5.41) is 12.3. The number of unbranched alkanes of at least 4 members (excludes halogenated alkanes) is 1. The molecule has 0 saturated carbocycles. The van der Waals surface area contributed by atoms with Crippen molar-refractivity contribution in [2.45, 2.75) is 32.3 Å². The molecule has 1 amide bonds. The van der Waals surface area contributed by atoms with E-state index < -0.39 is 18.2 Å². The van der Waals surface area contributed by atoms with Gasteiger partial charge in [-0.3, -0.25) is 5.32 Å². The van der Waals surface area contributed by atoms with Gasteiger partial charge in [0.05, 0.1) is 13.7 Å². The number of aliphatic hydroxyl groups excluding tert-OH is 1. The molecule has 0 spiro atoms. The Balaban J connectivity index is 2.47. The molecule has 0 radical (unpaired) electrons. The van der Waals surface area contributed by atoms with Crippen LogP contribution in [-0.4, -0.2) is 37.0 Å². The van der Waals surface area contributed by atoms with Gasteiger partial charge in [-0.15, -0.1) is 0 Å². The SMILES string of the molecule is CCCCOC(=O)[C@H](O)Cc1ccc(NC(=O)OC)cc1. The third-order valence-electron chi connectivity index (χ3n) is 2.83. The molecule has 2 N–H and O–H groups in total. The highest BCUT2D eigenvalue weighted by atomic mass is 16.5. The molecular formula is C15H21NO5. The molecule has 0 fully saturated rings. The molecule has 0 aliphatic carbocycles. The first kappa shape index (κ1) is 17.0. The van der Waals surface area contributed by atoms with Crippen molar-refractivity contribution in [1.82, 2.24) is 0 Å². The van der Waals surface area contributed by atoms with E-state index in [-0.39, 0.29) is 6.42 Å². The van der Waals surface area contributed by atoms with Crippen molar-refractivity contribution >= 4 is 17.7 Å². The Bertz CT molecular complexity index is 458. The average Bonchev–Trinajstić information content (AvgIpc) is 2.49. The number of anilines is 1. The van der Waals surface area contributed by atoms with Crippen molar-refractivity contribution in [3.05, 3.63) is 29.8 Å². The Hall–Kier alpha value is -2.08. The molecule has 6 nitrogen and oxygen atoms in total. The van der Waals surface area contributed by atoms with Crippen LogP contribution < -0.4 is 5.32 Å². The van der Waals surface area contributed by atoms with Crippen molar-refractivity contribution in [1.29, 1.82) is 0 Å². The molecule has 1 aromatic rings. The van der Waals surface area contributed by atoms with Crippen molar-refractivity contribution in [3.63, 3.8) is 0 Å². The van der Waals surface area contributed by atoms with E-state index in [1.54, 1.807) is 24.3 Å². The zero-order valence-electron chi connectivity index (χ0n) is 12.3. The molecule has 0 aliphatic rings. The number of ether oxygens (including phenoxy) is 2. The molecule has 116 valence electrons. The number of amides is 1. The van der Waals surface area contributed by atoms with Gasteiger partial charge in [-0.1, -0.05) is 25.5 Å². The number of carbonyl (C=O) groups is 2. The number of methoxy groups -OCH3 is 1. The minimum atomic E-state index is -1.18. The zero-order valence-corrected chi connectivity index (χ0v) is 12.3. The van der Waals surface area contributed by atoms with Crippen molar-refractivity contribution in [3.8, 4) is 0 Å². The van der Waals surface area contributed by atoms with Crippen LogP contribution in [0, 0.1) is 0 Å². The molecule has 6 heteroatoms. The van der Waals surface area contributed by atoms with Gasteiger partial charge in [0, 0.05) is 12.1 Å². The quantitative estimate of drug-likeness (QED) is 0.594. The van der Waals surface area contributed by atoms with Gasteiger partial charge in [0.2, 0.25) is 0 Å². The van der Waals surface area contributed by atoms with Gasteiger partial charge >= 0.3 is 12.1 Å². The van der Waals surface area contributed by atoms with Crippen molar-refractivity contribution in [2.75, 3.05) is 19.0 Å². The van der Waals surface area contributed by atoms with E-state index in [0.29, 0.717) is 12.3 Å². The van der Waals surface area contributed by atoms with Gasteiger partial charge in [0.25, 0.3) is 0 Å². The Morgan fingerprint density at radius 3 is 2.52 bits per heavy atom. The highest BCUT2D eigenvalue weighted by Gasteiger charge is 2.17. The number of hydrogen-bond acceptors (Lipinski definition) is 5. The number of aliphatic hydroxyl groups is 1. The summed E-state index contributed by atoms with van der Waals surface area (Å²) >= 11 is 0. The predicted molar refractivity (Wildman–Crippen MR) is 78.0 cm³/mol. The van der Waals surface area contributed by atoms with Crippen molar-refractivity contribution < 1.29 is 24.2 Å². The number of rotatable bonds is 7. The second-order valence-electron chi connectivity index (χ2n) is 4.55. The van der Waals surface area contributed by atoms with Crippen LogP contribution in [0.15, 0.2) is 24.3 Å². The van der Waals surface area contributed by atoms with Gasteiger partial charge in [-0.05, 0) is 24.1 Å². The molecule has 1 rings (SSSR count). The maximum Gasteiger partial charge on any atom is 0.411 e. The van der Waals surface area contributed by atoms with E-state index in [0.717, 1.165) is 18.4 Å². The zero-order chi connectivity index (χ0) is 15.7. The van der Waals surface area contributed by atoms with Crippen LogP contribution in [0.25, 0.3) is 0 Å². The Morgan fingerprint density at radius 2 is 1.95 bits per heavy atom. The highest BCUT2D eigenvalue weighted by molar-refractivity contribution is 5.84. The molecule has 0 heterocycles. The minimum absolute atomic E-state index is 0.170. The summed E-state index contributed by atoms with van der Waals surface area (Å²) in [5.41, 5.74) is 1.34. The molecule has 0 bridgehead atoms. The van der Waals surface area contributed by atoms with Gasteiger partial charge in [-0.25, -0.2) is 9.59 Å². The molecule has 21 heavy (non-hydrogen) atoms. The standard InChI is InChI=1S/C15H21NO5/c1-3-4-9-21-14(18)13(17)10-11-5-7-12(8-6-11)16-15(19)20-2/h5-8,13,17H,3-4,9-10H2,1-2H3,(H,16,19)/t13-/m1/s1. The third kappa shape index (κ3) is 6.27. The molecule has 0 saturated heterocycles. The van der Waals surface area contributed by atoms with E-state index >= 15 is 0 Å². The summed E-state index contributed by atoms with van der Waals surface area (Å²) in [5.74, 6) is -0.611. The lowest BCUT2D eigenvalue weighted by molar-refractivity contribution is -0.153. The van der Waals surface area contributed by atoms with E-state index in [1.807, 2.05) is 6.92 Å². The largest absolute Gasteiger partial charge is 0.464 e. The first-order valence-electron chi connectivity index (χ1n) is 6.85. The molecule has 0 unspecified atom stereocenters. The molecule has 0 aliphatic heterocycles. The maximum atomic E-state index is 11.5. The van der Waals surface area contributed by atoms with Crippen LogP contribution in [0.5, 0.6) is 0 Å². The Kier molecular flexibility index (Phi) is 7.25.